The molecular formula is C15H13BrCl2N2O. The second kappa shape index (κ2) is 6.69. The highest BCUT2D eigenvalue weighted by atomic mass is 79.9. The van der Waals surface area contributed by atoms with Crippen LogP contribution in [0.3, 0.4) is 0 Å². The van der Waals surface area contributed by atoms with Gasteiger partial charge in [0.15, 0.2) is 0 Å². The molecular weight excluding hydrogens is 375 g/mol. The summed E-state index contributed by atoms with van der Waals surface area (Å²) in [6.07, 6.45) is 0. The summed E-state index contributed by atoms with van der Waals surface area (Å²) in [6.45, 7) is 2.47. The summed E-state index contributed by atoms with van der Waals surface area (Å²) < 4.78 is 0.824. The van der Waals surface area contributed by atoms with E-state index in [2.05, 4.69) is 21.2 Å². The smallest absolute Gasteiger partial charge is 0.248 e. The molecule has 0 unspecified atom stereocenters. The third kappa shape index (κ3) is 3.90. The number of amides is 1. The number of carbonyl (C=O) groups excluding carboxylic acids is 1. The van der Waals surface area contributed by atoms with E-state index in [9.17, 15) is 4.79 Å². The lowest BCUT2D eigenvalue weighted by Crippen LogP contribution is -2.12. The molecule has 110 valence electrons. The van der Waals surface area contributed by atoms with E-state index in [4.69, 9.17) is 28.9 Å². The minimum atomic E-state index is -0.434. The van der Waals surface area contributed by atoms with E-state index in [-0.39, 0.29) is 0 Å². The van der Waals surface area contributed by atoms with Crippen LogP contribution in [0.25, 0.3) is 0 Å². The van der Waals surface area contributed by atoms with Crippen LogP contribution in [0.1, 0.15) is 21.5 Å². The first-order valence-corrected chi connectivity index (χ1v) is 7.71. The number of anilines is 1. The number of benzene rings is 2. The fourth-order valence-corrected chi connectivity index (χ4v) is 3.28. The van der Waals surface area contributed by atoms with Crippen molar-refractivity contribution in [2.75, 3.05) is 5.32 Å². The summed E-state index contributed by atoms with van der Waals surface area (Å²) in [7, 11) is 0. The molecule has 0 saturated carbocycles. The summed E-state index contributed by atoms with van der Waals surface area (Å²) in [5, 5.41) is 4.30. The Kier molecular flexibility index (Phi) is 5.14. The number of hydrogen-bond acceptors (Lipinski definition) is 2. The number of nitrogens with one attached hydrogen (secondary N) is 1. The topological polar surface area (TPSA) is 55.1 Å². The van der Waals surface area contributed by atoms with Gasteiger partial charge in [0.1, 0.15) is 0 Å². The molecule has 3 nitrogen and oxygen atoms in total. The Morgan fingerprint density at radius 1 is 1.24 bits per heavy atom. The van der Waals surface area contributed by atoms with Gasteiger partial charge in [-0.2, -0.15) is 0 Å². The second-order valence-corrected chi connectivity index (χ2v) is 6.33. The van der Waals surface area contributed by atoms with Gasteiger partial charge in [-0.15, -0.1) is 0 Å². The Hall–Kier alpha value is -1.23. The summed E-state index contributed by atoms with van der Waals surface area (Å²) in [5.41, 5.74) is 8.45. The molecule has 0 spiro atoms. The molecule has 3 N–H and O–H groups in total. The minimum Gasteiger partial charge on any atom is -0.379 e. The molecule has 0 atom stereocenters. The largest absolute Gasteiger partial charge is 0.379 e. The van der Waals surface area contributed by atoms with Crippen LogP contribution >= 0.6 is 39.1 Å². The fraction of sp³-hybridized carbons (Fsp3) is 0.133. The second-order valence-electron chi connectivity index (χ2n) is 4.60. The van der Waals surface area contributed by atoms with Gasteiger partial charge in [-0.3, -0.25) is 4.79 Å². The predicted molar refractivity (Wildman–Crippen MR) is 91.2 cm³/mol. The van der Waals surface area contributed by atoms with Crippen LogP contribution in [0.4, 0.5) is 5.69 Å². The Balaban J connectivity index is 2.19. The van der Waals surface area contributed by atoms with Crippen molar-refractivity contribution in [3.8, 4) is 0 Å². The van der Waals surface area contributed by atoms with Crippen molar-refractivity contribution < 1.29 is 4.79 Å². The van der Waals surface area contributed by atoms with Crippen molar-refractivity contribution in [3.05, 3.63) is 61.5 Å². The monoisotopic (exact) mass is 386 g/mol. The third-order valence-electron chi connectivity index (χ3n) is 3.09. The van der Waals surface area contributed by atoms with E-state index in [1.165, 1.54) is 0 Å². The van der Waals surface area contributed by atoms with Crippen LogP contribution < -0.4 is 11.1 Å². The van der Waals surface area contributed by atoms with E-state index >= 15 is 0 Å². The van der Waals surface area contributed by atoms with Crippen LogP contribution in [0.15, 0.2) is 34.8 Å². The Bertz CT molecular complexity index is 681. The van der Waals surface area contributed by atoms with Gasteiger partial charge in [-0.1, -0.05) is 45.2 Å². The Labute approximate surface area is 141 Å². The Morgan fingerprint density at radius 3 is 2.38 bits per heavy atom. The molecule has 0 fully saturated rings. The van der Waals surface area contributed by atoms with Crippen LogP contribution in [0, 0.1) is 6.92 Å². The van der Waals surface area contributed by atoms with Gasteiger partial charge in [0, 0.05) is 16.6 Å². The highest BCUT2D eigenvalue weighted by Crippen LogP contribution is 2.34. The zero-order valence-corrected chi connectivity index (χ0v) is 14.3. The molecule has 0 saturated heterocycles. The number of aryl methyl sites for hydroxylation is 1. The SMILES string of the molecule is Cc1cc(C(N)=O)ccc1CNc1c(Cl)cc(Br)cc1Cl. The van der Waals surface area contributed by atoms with Crippen molar-refractivity contribution in [1.82, 2.24) is 0 Å². The average molecular weight is 388 g/mol. The zero-order valence-electron chi connectivity index (χ0n) is 11.2. The molecule has 2 rings (SSSR count). The van der Waals surface area contributed by atoms with E-state index in [0.29, 0.717) is 27.8 Å². The molecule has 0 aliphatic heterocycles. The molecule has 21 heavy (non-hydrogen) atoms. The maximum atomic E-state index is 11.1. The third-order valence-corrected chi connectivity index (χ3v) is 4.14. The molecule has 0 aliphatic rings. The molecule has 1 amide bonds. The van der Waals surface area contributed by atoms with Gasteiger partial charge in [0.05, 0.1) is 15.7 Å². The minimum absolute atomic E-state index is 0.434. The highest BCUT2D eigenvalue weighted by molar-refractivity contribution is 9.10. The van der Waals surface area contributed by atoms with Gasteiger partial charge in [0.25, 0.3) is 0 Å². The lowest BCUT2D eigenvalue weighted by Gasteiger charge is -2.13. The first-order chi connectivity index (χ1) is 9.88. The van der Waals surface area contributed by atoms with Crippen molar-refractivity contribution in [3.63, 3.8) is 0 Å². The zero-order chi connectivity index (χ0) is 15.6. The van der Waals surface area contributed by atoms with Crippen molar-refractivity contribution in [1.29, 1.82) is 0 Å². The maximum Gasteiger partial charge on any atom is 0.248 e. The number of rotatable bonds is 4. The number of hydrogen-bond donors (Lipinski definition) is 2. The van der Waals surface area contributed by atoms with E-state index in [1.807, 2.05) is 13.0 Å². The first kappa shape index (κ1) is 16.1. The first-order valence-electron chi connectivity index (χ1n) is 6.16. The number of primary amides is 1. The van der Waals surface area contributed by atoms with Gasteiger partial charge < -0.3 is 11.1 Å². The van der Waals surface area contributed by atoms with Gasteiger partial charge >= 0.3 is 0 Å². The molecule has 0 aliphatic carbocycles. The summed E-state index contributed by atoms with van der Waals surface area (Å²) in [5.74, 6) is -0.434. The number of nitrogens with two attached hydrogens (primary N) is 1. The molecule has 0 aromatic heterocycles. The molecule has 0 radical (unpaired) electrons. The summed E-state index contributed by atoms with van der Waals surface area (Å²) in [6, 6.07) is 8.89. The highest BCUT2D eigenvalue weighted by Gasteiger charge is 2.09. The summed E-state index contributed by atoms with van der Waals surface area (Å²) >= 11 is 15.7. The van der Waals surface area contributed by atoms with Crippen molar-refractivity contribution in [2.45, 2.75) is 13.5 Å². The maximum absolute atomic E-state index is 11.1. The standard InChI is InChI=1S/C15H13BrCl2N2O/c1-8-4-9(15(19)21)2-3-10(8)7-20-14-12(17)5-11(16)6-13(14)18/h2-6,20H,7H2,1H3,(H2,19,21). The fourth-order valence-electron chi connectivity index (χ4n) is 1.94. The average Bonchev–Trinajstić information content (AvgIpc) is 2.38. The predicted octanol–water partition coefficient (Wildman–Crippen LogP) is 4.78. The lowest BCUT2D eigenvalue weighted by molar-refractivity contribution is 0.1000. The Morgan fingerprint density at radius 2 is 1.86 bits per heavy atom. The molecule has 6 heteroatoms. The van der Waals surface area contributed by atoms with E-state index < -0.39 is 5.91 Å². The van der Waals surface area contributed by atoms with Gasteiger partial charge in [-0.05, 0) is 42.3 Å². The molecule has 0 heterocycles. The van der Waals surface area contributed by atoms with E-state index in [0.717, 1.165) is 15.6 Å². The van der Waals surface area contributed by atoms with E-state index in [1.54, 1.807) is 24.3 Å². The molecule has 2 aromatic carbocycles. The van der Waals surface area contributed by atoms with Gasteiger partial charge in [0.2, 0.25) is 5.91 Å². The quantitative estimate of drug-likeness (QED) is 0.793. The summed E-state index contributed by atoms with van der Waals surface area (Å²) in [4.78, 5) is 11.1. The van der Waals surface area contributed by atoms with Crippen molar-refractivity contribution >= 4 is 50.7 Å². The number of carbonyl (C=O) groups is 1. The lowest BCUT2D eigenvalue weighted by atomic mass is 10.0. The van der Waals surface area contributed by atoms with Crippen LogP contribution in [0.2, 0.25) is 10.0 Å². The van der Waals surface area contributed by atoms with Crippen LogP contribution in [-0.2, 0) is 6.54 Å². The normalized spacial score (nSPS) is 10.5. The van der Waals surface area contributed by atoms with Crippen molar-refractivity contribution in [2.24, 2.45) is 5.73 Å². The molecule has 2 aromatic rings. The van der Waals surface area contributed by atoms with Gasteiger partial charge in [-0.25, -0.2) is 0 Å². The molecule has 0 bridgehead atoms. The van der Waals surface area contributed by atoms with Crippen LogP contribution in [-0.4, -0.2) is 5.91 Å². The van der Waals surface area contributed by atoms with Crippen LogP contribution in [0.5, 0.6) is 0 Å². The number of halogens is 3.